The minimum atomic E-state index is -0.874. The predicted molar refractivity (Wildman–Crippen MR) is 65.1 cm³/mol. The molecule has 0 aromatic heterocycles. The van der Waals surface area contributed by atoms with Crippen LogP contribution in [0.2, 0.25) is 0 Å². The molecule has 2 nitrogen and oxygen atoms in total. The molecule has 0 amide bonds. The van der Waals surface area contributed by atoms with Crippen LogP contribution in [-0.2, 0) is 4.79 Å². The van der Waals surface area contributed by atoms with Gasteiger partial charge in [-0.1, -0.05) is 43.7 Å². The van der Waals surface area contributed by atoms with E-state index in [0.717, 1.165) is 18.4 Å². The van der Waals surface area contributed by atoms with Gasteiger partial charge in [0.05, 0.1) is 5.57 Å². The van der Waals surface area contributed by atoms with Crippen molar-refractivity contribution in [2.24, 2.45) is 0 Å². The van der Waals surface area contributed by atoms with E-state index < -0.39 is 5.97 Å². The Balaban J connectivity index is 2.85. The van der Waals surface area contributed by atoms with E-state index in [1.165, 1.54) is 0 Å². The van der Waals surface area contributed by atoms with Crippen LogP contribution in [0.1, 0.15) is 31.7 Å². The van der Waals surface area contributed by atoms with Crippen molar-refractivity contribution in [3.05, 3.63) is 47.2 Å². The molecule has 0 atom stereocenters. The van der Waals surface area contributed by atoms with Gasteiger partial charge in [-0.25, -0.2) is 4.79 Å². The minimum absolute atomic E-state index is 0.353. The first-order valence-corrected chi connectivity index (χ1v) is 5.48. The van der Waals surface area contributed by atoms with Crippen molar-refractivity contribution in [2.45, 2.75) is 26.2 Å². The SMILES string of the molecule is CCCCC(=C=Cc1ccccc1)C(=O)O. The van der Waals surface area contributed by atoms with Crippen molar-refractivity contribution in [1.82, 2.24) is 0 Å². The second-order valence-electron chi connectivity index (χ2n) is 3.59. The summed E-state index contributed by atoms with van der Waals surface area (Å²) >= 11 is 0. The maximum Gasteiger partial charge on any atom is 0.339 e. The second-order valence-corrected chi connectivity index (χ2v) is 3.59. The fourth-order valence-electron chi connectivity index (χ4n) is 1.31. The molecular weight excluding hydrogens is 200 g/mol. The summed E-state index contributed by atoms with van der Waals surface area (Å²) in [6, 6.07) is 9.61. The van der Waals surface area contributed by atoms with Gasteiger partial charge in [-0.05, 0) is 24.5 Å². The molecule has 0 aliphatic carbocycles. The summed E-state index contributed by atoms with van der Waals surface area (Å²) < 4.78 is 0. The number of benzene rings is 1. The Morgan fingerprint density at radius 1 is 1.38 bits per heavy atom. The first kappa shape index (κ1) is 12.3. The molecule has 0 spiro atoms. The van der Waals surface area contributed by atoms with E-state index in [9.17, 15) is 4.79 Å². The lowest BCUT2D eigenvalue weighted by Crippen LogP contribution is -1.98. The summed E-state index contributed by atoms with van der Waals surface area (Å²) in [6.45, 7) is 2.04. The van der Waals surface area contributed by atoms with Crippen LogP contribution < -0.4 is 0 Å². The highest BCUT2D eigenvalue weighted by molar-refractivity contribution is 5.87. The molecule has 0 unspecified atom stereocenters. The van der Waals surface area contributed by atoms with Crippen molar-refractivity contribution >= 4 is 12.0 Å². The Bertz CT molecular complexity index is 398. The lowest BCUT2D eigenvalue weighted by molar-refractivity contribution is -0.132. The Kier molecular flexibility index (Phi) is 5.10. The van der Waals surface area contributed by atoms with Gasteiger partial charge in [-0.2, -0.15) is 0 Å². The van der Waals surface area contributed by atoms with Gasteiger partial charge in [-0.3, -0.25) is 0 Å². The molecule has 16 heavy (non-hydrogen) atoms. The van der Waals surface area contributed by atoms with Gasteiger partial charge >= 0.3 is 5.97 Å². The largest absolute Gasteiger partial charge is 0.477 e. The third-order valence-corrected chi connectivity index (χ3v) is 2.25. The van der Waals surface area contributed by atoms with Crippen molar-refractivity contribution in [3.63, 3.8) is 0 Å². The maximum atomic E-state index is 10.9. The van der Waals surface area contributed by atoms with Crippen LogP contribution in [0.25, 0.3) is 6.08 Å². The summed E-state index contributed by atoms with van der Waals surface area (Å²) in [5, 5.41) is 8.96. The highest BCUT2D eigenvalue weighted by Gasteiger charge is 2.04. The molecule has 0 saturated carbocycles. The Morgan fingerprint density at radius 3 is 2.62 bits per heavy atom. The average molecular weight is 216 g/mol. The zero-order valence-electron chi connectivity index (χ0n) is 9.44. The number of carboxylic acid groups (broad SMARTS) is 1. The van der Waals surface area contributed by atoms with Crippen LogP contribution >= 0.6 is 0 Å². The topological polar surface area (TPSA) is 37.3 Å². The lowest BCUT2D eigenvalue weighted by atomic mass is 10.1. The van der Waals surface area contributed by atoms with Gasteiger partial charge < -0.3 is 5.11 Å². The molecule has 1 N–H and O–H groups in total. The van der Waals surface area contributed by atoms with Crippen molar-refractivity contribution in [2.75, 3.05) is 0 Å². The first-order valence-electron chi connectivity index (χ1n) is 5.48. The average Bonchev–Trinajstić information content (AvgIpc) is 2.30. The quantitative estimate of drug-likeness (QED) is 0.604. The van der Waals surface area contributed by atoms with Crippen LogP contribution in [0, 0.1) is 0 Å². The Hall–Kier alpha value is -1.79. The number of unbranched alkanes of at least 4 members (excludes halogenated alkanes) is 1. The van der Waals surface area contributed by atoms with Crippen molar-refractivity contribution in [1.29, 1.82) is 0 Å². The summed E-state index contributed by atoms with van der Waals surface area (Å²) in [6.07, 6.45) is 4.18. The van der Waals surface area contributed by atoms with E-state index in [1.54, 1.807) is 6.08 Å². The molecule has 1 aromatic rings. The van der Waals surface area contributed by atoms with Gasteiger partial charge in [-0.15, -0.1) is 5.73 Å². The van der Waals surface area contributed by atoms with Crippen LogP contribution in [0.15, 0.2) is 41.6 Å². The molecule has 1 aromatic carbocycles. The molecule has 0 fully saturated rings. The standard InChI is InChI=1S/C14H16O2/c1-2-3-9-13(14(15)16)11-10-12-7-5-4-6-8-12/h4-8,10H,2-3,9H2,1H3,(H,15,16). The normalized spacial score (nSPS) is 9.31. The van der Waals surface area contributed by atoms with Gasteiger partial charge in [0.2, 0.25) is 0 Å². The van der Waals surface area contributed by atoms with E-state index in [-0.39, 0.29) is 0 Å². The first-order chi connectivity index (χ1) is 7.74. The summed E-state index contributed by atoms with van der Waals surface area (Å²) in [5.74, 6) is -0.874. The van der Waals surface area contributed by atoms with Gasteiger partial charge in [0.25, 0.3) is 0 Å². The zero-order valence-corrected chi connectivity index (χ0v) is 9.44. The van der Waals surface area contributed by atoms with E-state index in [0.29, 0.717) is 12.0 Å². The lowest BCUT2D eigenvalue weighted by Gasteiger charge is -1.96. The zero-order chi connectivity index (χ0) is 11.8. The van der Waals surface area contributed by atoms with E-state index in [1.807, 2.05) is 37.3 Å². The molecule has 84 valence electrons. The van der Waals surface area contributed by atoms with Crippen molar-refractivity contribution in [3.8, 4) is 0 Å². The third kappa shape index (κ3) is 4.16. The Labute approximate surface area is 95.9 Å². The number of rotatable bonds is 5. The van der Waals surface area contributed by atoms with Crippen LogP contribution in [0.5, 0.6) is 0 Å². The van der Waals surface area contributed by atoms with Gasteiger partial charge in [0.1, 0.15) is 0 Å². The molecule has 0 radical (unpaired) electrons. The highest BCUT2D eigenvalue weighted by atomic mass is 16.4. The minimum Gasteiger partial charge on any atom is -0.477 e. The van der Waals surface area contributed by atoms with Crippen molar-refractivity contribution < 1.29 is 9.90 Å². The highest BCUT2D eigenvalue weighted by Crippen LogP contribution is 2.07. The summed E-state index contributed by atoms with van der Waals surface area (Å²) in [5.41, 5.74) is 4.19. The Morgan fingerprint density at radius 2 is 2.06 bits per heavy atom. The van der Waals surface area contributed by atoms with Gasteiger partial charge in [0, 0.05) is 0 Å². The number of hydrogen-bond donors (Lipinski definition) is 1. The molecule has 0 aliphatic rings. The third-order valence-electron chi connectivity index (χ3n) is 2.25. The smallest absolute Gasteiger partial charge is 0.339 e. The molecule has 0 heterocycles. The maximum absolute atomic E-state index is 10.9. The predicted octanol–water partition coefficient (Wildman–Crippen LogP) is 3.50. The van der Waals surface area contributed by atoms with E-state index in [4.69, 9.17) is 5.11 Å². The molecule has 0 saturated heterocycles. The summed E-state index contributed by atoms with van der Waals surface area (Å²) in [7, 11) is 0. The van der Waals surface area contributed by atoms with Crippen LogP contribution in [-0.4, -0.2) is 11.1 Å². The van der Waals surface area contributed by atoms with E-state index in [2.05, 4.69) is 5.73 Å². The van der Waals surface area contributed by atoms with Crippen LogP contribution in [0.3, 0.4) is 0 Å². The monoisotopic (exact) mass is 216 g/mol. The second kappa shape index (κ2) is 6.65. The molecule has 1 rings (SSSR count). The molecule has 0 bridgehead atoms. The molecular formula is C14H16O2. The fourth-order valence-corrected chi connectivity index (χ4v) is 1.31. The molecule has 2 heteroatoms. The number of carboxylic acids is 1. The number of carbonyl (C=O) groups is 1. The summed E-state index contributed by atoms with van der Waals surface area (Å²) in [4.78, 5) is 10.9. The van der Waals surface area contributed by atoms with Gasteiger partial charge in [0.15, 0.2) is 0 Å². The van der Waals surface area contributed by atoms with Crippen LogP contribution in [0.4, 0.5) is 0 Å². The number of aliphatic carboxylic acids is 1. The number of hydrogen-bond acceptors (Lipinski definition) is 1. The fraction of sp³-hybridized carbons (Fsp3) is 0.286. The molecule has 0 aliphatic heterocycles. The van der Waals surface area contributed by atoms with E-state index >= 15 is 0 Å².